The quantitative estimate of drug-likeness (QED) is 0.545. The zero-order valence-electron chi connectivity index (χ0n) is 14.6. The van der Waals surface area contributed by atoms with Crippen molar-refractivity contribution in [1.82, 2.24) is 20.4 Å². The first-order valence-electron chi connectivity index (χ1n) is 8.58. The largest absolute Gasteiger partial charge is 0.355 e. The van der Waals surface area contributed by atoms with Gasteiger partial charge in [0, 0.05) is 26.7 Å². The highest BCUT2D eigenvalue weighted by atomic mass is 32.2. The molecule has 8 nitrogen and oxygen atoms in total. The Labute approximate surface area is 152 Å². The lowest BCUT2D eigenvalue weighted by Crippen LogP contribution is -2.53. The van der Waals surface area contributed by atoms with E-state index in [1.807, 2.05) is 0 Å². The van der Waals surface area contributed by atoms with Crippen LogP contribution in [0, 0.1) is 5.92 Å². The summed E-state index contributed by atoms with van der Waals surface area (Å²) in [5.41, 5.74) is 0. The number of likely N-dealkylation sites (N-methyl/N-ethyl adjacent to an activating group) is 1. The lowest BCUT2D eigenvalue weighted by atomic mass is 9.85. The molecular weight excluding hydrogens is 344 g/mol. The van der Waals surface area contributed by atoms with Crippen LogP contribution in [-0.2, 0) is 19.2 Å². The minimum absolute atomic E-state index is 0.0359. The van der Waals surface area contributed by atoms with E-state index in [-0.39, 0.29) is 48.2 Å². The van der Waals surface area contributed by atoms with Gasteiger partial charge in [0.25, 0.3) is 0 Å². The van der Waals surface area contributed by atoms with Gasteiger partial charge in [-0.1, -0.05) is 6.42 Å². The normalized spacial score (nSPS) is 18.1. The zero-order chi connectivity index (χ0) is 18.2. The molecule has 0 aromatic carbocycles. The van der Waals surface area contributed by atoms with Gasteiger partial charge in [0.15, 0.2) is 0 Å². The Bertz CT molecular complexity index is 524. The van der Waals surface area contributed by atoms with E-state index in [0.717, 1.165) is 6.54 Å². The fourth-order valence-corrected chi connectivity index (χ4v) is 3.27. The zero-order valence-corrected chi connectivity index (χ0v) is 15.4. The minimum Gasteiger partial charge on any atom is -0.355 e. The standard InChI is InChI=1S/C16H26N4O4S/c1-19-8-16(24)20(9-15(19)23)6-5-17-13(21)10-25-11-14(22)18-7-12-3-2-4-12/h12H,2-11H2,1H3,(H,17,21)(H,18,22). The van der Waals surface area contributed by atoms with Crippen LogP contribution in [0.1, 0.15) is 19.3 Å². The van der Waals surface area contributed by atoms with Crippen molar-refractivity contribution >= 4 is 35.4 Å². The summed E-state index contributed by atoms with van der Waals surface area (Å²) in [5.74, 6) is 0.665. The molecule has 1 heterocycles. The summed E-state index contributed by atoms with van der Waals surface area (Å²) in [6.07, 6.45) is 3.64. The molecule has 140 valence electrons. The molecule has 1 aliphatic heterocycles. The van der Waals surface area contributed by atoms with Crippen molar-refractivity contribution < 1.29 is 19.2 Å². The maximum atomic E-state index is 11.8. The first-order valence-corrected chi connectivity index (χ1v) is 9.74. The maximum Gasteiger partial charge on any atom is 0.242 e. The number of piperazine rings is 1. The molecule has 0 atom stereocenters. The van der Waals surface area contributed by atoms with Crippen molar-refractivity contribution in [3.63, 3.8) is 0 Å². The van der Waals surface area contributed by atoms with Gasteiger partial charge in [0.2, 0.25) is 23.6 Å². The number of nitrogens with one attached hydrogen (secondary N) is 2. The van der Waals surface area contributed by atoms with Crippen LogP contribution in [0.5, 0.6) is 0 Å². The number of hydrogen-bond acceptors (Lipinski definition) is 5. The third-order valence-electron chi connectivity index (χ3n) is 4.46. The number of thioether (sulfide) groups is 1. The smallest absolute Gasteiger partial charge is 0.242 e. The summed E-state index contributed by atoms with van der Waals surface area (Å²) in [4.78, 5) is 49.6. The first-order chi connectivity index (χ1) is 12.0. The van der Waals surface area contributed by atoms with Crippen molar-refractivity contribution in [2.75, 3.05) is 51.3 Å². The summed E-state index contributed by atoms with van der Waals surface area (Å²) in [5, 5.41) is 5.59. The van der Waals surface area contributed by atoms with Crippen LogP contribution < -0.4 is 10.6 Å². The second-order valence-electron chi connectivity index (χ2n) is 6.51. The van der Waals surface area contributed by atoms with E-state index < -0.39 is 0 Å². The average Bonchev–Trinajstić information content (AvgIpc) is 2.50. The number of nitrogens with zero attached hydrogens (tertiary/aromatic N) is 2. The topological polar surface area (TPSA) is 98.8 Å². The van der Waals surface area contributed by atoms with Gasteiger partial charge in [0.1, 0.15) is 0 Å². The third-order valence-corrected chi connectivity index (χ3v) is 5.39. The molecule has 2 rings (SSSR count). The van der Waals surface area contributed by atoms with E-state index in [2.05, 4.69) is 10.6 Å². The molecule has 0 spiro atoms. The van der Waals surface area contributed by atoms with E-state index in [9.17, 15) is 19.2 Å². The van der Waals surface area contributed by atoms with Crippen molar-refractivity contribution in [3.05, 3.63) is 0 Å². The molecule has 4 amide bonds. The predicted molar refractivity (Wildman–Crippen MR) is 94.9 cm³/mol. The summed E-state index contributed by atoms with van der Waals surface area (Å²) in [6, 6.07) is 0. The monoisotopic (exact) mass is 370 g/mol. The van der Waals surface area contributed by atoms with Crippen LogP contribution in [-0.4, -0.2) is 84.7 Å². The summed E-state index contributed by atoms with van der Waals surface area (Å²) < 4.78 is 0. The Kier molecular flexibility index (Phi) is 7.54. The number of rotatable bonds is 9. The fraction of sp³-hybridized carbons (Fsp3) is 0.750. The summed E-state index contributed by atoms with van der Waals surface area (Å²) in [6.45, 7) is 1.50. The van der Waals surface area contributed by atoms with Gasteiger partial charge in [-0.3, -0.25) is 19.2 Å². The molecule has 0 bridgehead atoms. The van der Waals surface area contributed by atoms with Gasteiger partial charge in [-0.2, -0.15) is 0 Å². The molecule has 2 aliphatic rings. The van der Waals surface area contributed by atoms with Gasteiger partial charge in [-0.25, -0.2) is 0 Å². The van der Waals surface area contributed by atoms with Gasteiger partial charge in [-0.15, -0.1) is 11.8 Å². The SMILES string of the molecule is CN1CC(=O)N(CCNC(=O)CSCC(=O)NCC2CCC2)CC1=O. The molecule has 0 unspecified atom stereocenters. The van der Waals surface area contributed by atoms with Crippen LogP contribution in [0.4, 0.5) is 0 Å². The highest BCUT2D eigenvalue weighted by molar-refractivity contribution is 8.00. The van der Waals surface area contributed by atoms with Gasteiger partial charge < -0.3 is 20.4 Å². The average molecular weight is 370 g/mol. The molecule has 25 heavy (non-hydrogen) atoms. The highest BCUT2D eigenvalue weighted by Crippen LogP contribution is 2.25. The Hall–Kier alpha value is -1.77. The Balaban J connectivity index is 1.51. The molecule has 1 saturated heterocycles. The first kappa shape index (κ1) is 19.6. The number of hydrogen-bond donors (Lipinski definition) is 2. The second kappa shape index (κ2) is 9.65. The van der Waals surface area contributed by atoms with E-state index in [1.54, 1.807) is 7.05 Å². The molecule has 2 fully saturated rings. The van der Waals surface area contributed by atoms with Crippen LogP contribution in [0.25, 0.3) is 0 Å². The lowest BCUT2D eigenvalue weighted by molar-refractivity contribution is -0.148. The fourth-order valence-electron chi connectivity index (χ4n) is 2.59. The molecular formula is C16H26N4O4S. The Morgan fingerprint density at radius 1 is 1.08 bits per heavy atom. The van der Waals surface area contributed by atoms with Gasteiger partial charge in [-0.05, 0) is 18.8 Å². The van der Waals surface area contributed by atoms with E-state index in [0.29, 0.717) is 19.0 Å². The molecule has 1 saturated carbocycles. The van der Waals surface area contributed by atoms with Crippen molar-refractivity contribution in [2.24, 2.45) is 5.92 Å². The summed E-state index contributed by atoms with van der Waals surface area (Å²) in [7, 11) is 1.60. The number of carbonyl (C=O) groups is 4. The molecule has 0 radical (unpaired) electrons. The Morgan fingerprint density at radius 3 is 2.40 bits per heavy atom. The van der Waals surface area contributed by atoms with E-state index >= 15 is 0 Å². The van der Waals surface area contributed by atoms with Crippen LogP contribution >= 0.6 is 11.8 Å². The van der Waals surface area contributed by atoms with E-state index in [1.165, 1.54) is 40.8 Å². The number of carbonyl (C=O) groups excluding carboxylic acids is 4. The van der Waals surface area contributed by atoms with E-state index in [4.69, 9.17) is 0 Å². The van der Waals surface area contributed by atoms with Crippen molar-refractivity contribution in [3.8, 4) is 0 Å². The lowest BCUT2D eigenvalue weighted by Gasteiger charge is -2.31. The second-order valence-corrected chi connectivity index (χ2v) is 7.49. The third kappa shape index (κ3) is 6.56. The molecule has 1 aliphatic carbocycles. The minimum atomic E-state index is -0.176. The molecule has 9 heteroatoms. The van der Waals surface area contributed by atoms with Crippen LogP contribution in [0.15, 0.2) is 0 Å². The molecule has 0 aromatic heterocycles. The number of amides is 4. The van der Waals surface area contributed by atoms with Gasteiger partial charge >= 0.3 is 0 Å². The highest BCUT2D eigenvalue weighted by Gasteiger charge is 2.26. The predicted octanol–water partition coefficient (Wildman–Crippen LogP) is -0.947. The molecule has 0 aromatic rings. The Morgan fingerprint density at radius 2 is 1.76 bits per heavy atom. The van der Waals surface area contributed by atoms with Gasteiger partial charge in [0.05, 0.1) is 24.6 Å². The van der Waals surface area contributed by atoms with Crippen molar-refractivity contribution in [1.29, 1.82) is 0 Å². The summed E-state index contributed by atoms with van der Waals surface area (Å²) >= 11 is 1.27. The van der Waals surface area contributed by atoms with Crippen LogP contribution in [0.3, 0.4) is 0 Å². The maximum absolute atomic E-state index is 11.8. The van der Waals surface area contributed by atoms with Crippen molar-refractivity contribution in [2.45, 2.75) is 19.3 Å². The molecule has 2 N–H and O–H groups in total. The van der Waals surface area contributed by atoms with Crippen LogP contribution in [0.2, 0.25) is 0 Å².